The van der Waals surface area contributed by atoms with Crippen molar-refractivity contribution in [3.63, 3.8) is 0 Å². The molecule has 1 amide bonds. The maximum atomic E-state index is 12.2. The number of benzene rings is 2. The maximum Gasteiger partial charge on any atom is 0.248 e. The molecular weight excluding hydrogens is 406 g/mol. The van der Waals surface area contributed by atoms with Crippen LogP contribution in [0.3, 0.4) is 0 Å². The van der Waals surface area contributed by atoms with E-state index in [-0.39, 0.29) is 5.91 Å². The summed E-state index contributed by atoms with van der Waals surface area (Å²) in [5.41, 5.74) is 2.67. The Morgan fingerprint density at radius 1 is 1.11 bits per heavy atom. The molecule has 0 heterocycles. The van der Waals surface area contributed by atoms with Crippen molar-refractivity contribution in [2.24, 2.45) is 0 Å². The molecule has 0 atom stereocenters. The summed E-state index contributed by atoms with van der Waals surface area (Å²) in [5, 5.41) is 2.89. The molecule has 0 bridgehead atoms. The van der Waals surface area contributed by atoms with Gasteiger partial charge in [0.15, 0.2) is 11.5 Å². The molecule has 0 aliphatic carbocycles. The van der Waals surface area contributed by atoms with Crippen LogP contribution in [0.5, 0.6) is 11.5 Å². The lowest BCUT2D eigenvalue weighted by Crippen LogP contribution is -2.08. The van der Waals surface area contributed by atoms with Gasteiger partial charge in [0.25, 0.3) is 0 Å². The second kappa shape index (κ2) is 10.8. The largest absolute Gasteiger partial charge is 0.490 e. The van der Waals surface area contributed by atoms with Crippen molar-refractivity contribution in [1.29, 1.82) is 0 Å². The van der Waals surface area contributed by atoms with Crippen molar-refractivity contribution in [3.8, 4) is 11.5 Å². The molecule has 0 saturated carbocycles. The van der Waals surface area contributed by atoms with Crippen LogP contribution in [0.2, 0.25) is 0 Å². The fourth-order valence-corrected chi connectivity index (χ4v) is 2.93. The van der Waals surface area contributed by atoms with E-state index in [9.17, 15) is 4.79 Å². The fourth-order valence-electron chi connectivity index (χ4n) is 2.46. The minimum Gasteiger partial charge on any atom is -0.490 e. The number of hydrogen-bond donors (Lipinski definition) is 1. The summed E-state index contributed by atoms with van der Waals surface area (Å²) in [6, 6.07) is 11.4. The summed E-state index contributed by atoms with van der Waals surface area (Å²) >= 11 is 3.42. The van der Waals surface area contributed by atoms with E-state index in [0.29, 0.717) is 19.0 Å². The molecule has 2 aromatic rings. The highest BCUT2D eigenvalue weighted by Gasteiger charge is 2.06. The Morgan fingerprint density at radius 2 is 1.93 bits per heavy atom. The van der Waals surface area contributed by atoms with Crippen molar-refractivity contribution in [1.82, 2.24) is 0 Å². The topological polar surface area (TPSA) is 47.6 Å². The summed E-state index contributed by atoms with van der Waals surface area (Å²) in [5.74, 6) is 1.25. The highest BCUT2D eigenvalue weighted by Crippen LogP contribution is 2.29. The van der Waals surface area contributed by atoms with Gasteiger partial charge in [-0.25, -0.2) is 0 Å². The van der Waals surface area contributed by atoms with Gasteiger partial charge in [0.2, 0.25) is 5.91 Å². The van der Waals surface area contributed by atoms with E-state index in [1.165, 1.54) is 6.08 Å². The first-order valence-electron chi connectivity index (χ1n) is 9.18. The Morgan fingerprint density at radius 3 is 2.63 bits per heavy atom. The Kier molecular flexibility index (Phi) is 8.40. The monoisotopic (exact) mass is 431 g/mol. The van der Waals surface area contributed by atoms with E-state index < -0.39 is 0 Å². The standard InChI is InChI=1S/C22H26BrNO3/c1-4-6-13-27-20-11-7-17(15-21(20)26-5-2)8-12-22(25)24-19-10-9-18(23)14-16(19)3/h7-12,14-15H,4-6,13H2,1-3H3,(H,24,25)/b12-8+. The van der Waals surface area contributed by atoms with Crippen LogP contribution < -0.4 is 14.8 Å². The Hall–Kier alpha value is -2.27. The fraction of sp³-hybridized carbons (Fsp3) is 0.318. The first-order chi connectivity index (χ1) is 13.0. The zero-order valence-corrected chi connectivity index (χ0v) is 17.6. The average molecular weight is 432 g/mol. The molecule has 0 aliphatic rings. The molecule has 0 aliphatic heterocycles. The molecule has 0 saturated heterocycles. The molecule has 0 radical (unpaired) electrons. The summed E-state index contributed by atoms with van der Waals surface area (Å²) in [7, 11) is 0. The molecule has 1 N–H and O–H groups in total. The highest BCUT2D eigenvalue weighted by molar-refractivity contribution is 9.10. The number of rotatable bonds is 9. The van der Waals surface area contributed by atoms with Gasteiger partial charge in [-0.2, -0.15) is 0 Å². The number of halogens is 1. The molecule has 0 spiro atoms. The minimum atomic E-state index is -0.179. The van der Waals surface area contributed by atoms with Gasteiger partial charge in [-0.1, -0.05) is 35.3 Å². The predicted octanol–water partition coefficient (Wildman–Crippen LogP) is 5.99. The SMILES string of the molecule is CCCCOc1ccc(/C=C/C(=O)Nc2ccc(Br)cc2C)cc1OCC. The van der Waals surface area contributed by atoms with E-state index in [1.54, 1.807) is 6.08 Å². The van der Waals surface area contributed by atoms with Gasteiger partial charge in [0.1, 0.15) is 0 Å². The van der Waals surface area contributed by atoms with Crippen LogP contribution in [-0.4, -0.2) is 19.1 Å². The lowest BCUT2D eigenvalue weighted by Gasteiger charge is -2.12. The molecule has 2 rings (SSSR count). The third kappa shape index (κ3) is 6.75. The van der Waals surface area contributed by atoms with Crippen LogP contribution in [0.15, 0.2) is 46.9 Å². The van der Waals surface area contributed by atoms with Crippen LogP contribution in [-0.2, 0) is 4.79 Å². The summed E-state index contributed by atoms with van der Waals surface area (Å²) < 4.78 is 12.4. The number of aryl methyl sites for hydroxylation is 1. The first-order valence-corrected chi connectivity index (χ1v) is 9.97. The Labute approximate surface area is 169 Å². The number of anilines is 1. The molecule has 144 valence electrons. The van der Waals surface area contributed by atoms with Crippen LogP contribution in [0, 0.1) is 6.92 Å². The van der Waals surface area contributed by atoms with Gasteiger partial charge in [0.05, 0.1) is 13.2 Å². The number of amides is 1. The molecule has 2 aromatic carbocycles. The lowest BCUT2D eigenvalue weighted by molar-refractivity contribution is -0.111. The quantitative estimate of drug-likeness (QED) is 0.391. The van der Waals surface area contributed by atoms with E-state index in [2.05, 4.69) is 28.2 Å². The van der Waals surface area contributed by atoms with Crippen molar-refractivity contribution in [2.45, 2.75) is 33.6 Å². The molecule has 0 fully saturated rings. The highest BCUT2D eigenvalue weighted by atomic mass is 79.9. The van der Waals surface area contributed by atoms with Crippen LogP contribution in [0.25, 0.3) is 6.08 Å². The second-order valence-electron chi connectivity index (χ2n) is 6.12. The zero-order chi connectivity index (χ0) is 19.6. The summed E-state index contributed by atoms with van der Waals surface area (Å²) in [6.07, 6.45) is 5.37. The van der Waals surface area contributed by atoms with Gasteiger partial charge < -0.3 is 14.8 Å². The number of carbonyl (C=O) groups excluding carboxylic acids is 1. The van der Waals surface area contributed by atoms with Gasteiger partial charge in [-0.3, -0.25) is 4.79 Å². The molecule has 27 heavy (non-hydrogen) atoms. The zero-order valence-electron chi connectivity index (χ0n) is 16.0. The van der Waals surface area contributed by atoms with Crippen molar-refractivity contribution in [3.05, 3.63) is 58.1 Å². The predicted molar refractivity (Wildman–Crippen MR) is 115 cm³/mol. The van der Waals surface area contributed by atoms with Crippen LogP contribution >= 0.6 is 15.9 Å². The van der Waals surface area contributed by atoms with Crippen LogP contribution in [0.4, 0.5) is 5.69 Å². The van der Waals surface area contributed by atoms with Crippen molar-refractivity contribution >= 4 is 33.6 Å². The maximum absolute atomic E-state index is 12.2. The normalized spacial score (nSPS) is 10.8. The Balaban J connectivity index is 2.06. The van der Waals surface area contributed by atoms with E-state index in [4.69, 9.17) is 9.47 Å². The number of carbonyl (C=O) groups is 1. The van der Waals surface area contributed by atoms with Gasteiger partial charge in [-0.15, -0.1) is 0 Å². The van der Waals surface area contributed by atoms with E-state index in [0.717, 1.165) is 39.9 Å². The smallest absolute Gasteiger partial charge is 0.248 e. The van der Waals surface area contributed by atoms with Crippen molar-refractivity contribution in [2.75, 3.05) is 18.5 Å². The van der Waals surface area contributed by atoms with Crippen LogP contribution in [0.1, 0.15) is 37.8 Å². The molecule has 5 heteroatoms. The number of nitrogens with one attached hydrogen (secondary N) is 1. The Bertz CT molecular complexity index is 802. The van der Waals surface area contributed by atoms with E-state index in [1.807, 2.05) is 50.2 Å². The third-order valence-electron chi connectivity index (χ3n) is 3.90. The molecule has 4 nitrogen and oxygen atoms in total. The first kappa shape index (κ1) is 21.0. The van der Waals surface area contributed by atoms with Crippen molar-refractivity contribution < 1.29 is 14.3 Å². The van der Waals surface area contributed by atoms with E-state index >= 15 is 0 Å². The molecular formula is C22H26BrNO3. The van der Waals surface area contributed by atoms with Gasteiger partial charge in [0, 0.05) is 16.2 Å². The third-order valence-corrected chi connectivity index (χ3v) is 4.39. The lowest BCUT2D eigenvalue weighted by atomic mass is 10.1. The second-order valence-corrected chi connectivity index (χ2v) is 7.04. The number of ether oxygens (including phenoxy) is 2. The summed E-state index contributed by atoms with van der Waals surface area (Å²) in [6.45, 7) is 7.24. The average Bonchev–Trinajstić information content (AvgIpc) is 2.64. The van der Waals surface area contributed by atoms with Gasteiger partial charge in [-0.05, 0) is 67.8 Å². The summed E-state index contributed by atoms with van der Waals surface area (Å²) in [4.78, 5) is 12.2. The molecule has 0 unspecified atom stereocenters. The number of unbranched alkanes of at least 4 members (excludes halogenated alkanes) is 1. The minimum absolute atomic E-state index is 0.179. The molecule has 0 aromatic heterocycles. The number of hydrogen-bond acceptors (Lipinski definition) is 3. The van der Waals surface area contributed by atoms with Gasteiger partial charge >= 0.3 is 0 Å².